The van der Waals surface area contributed by atoms with E-state index in [0.717, 1.165) is 4.90 Å². The first-order valence-corrected chi connectivity index (χ1v) is 8.09. The quantitative estimate of drug-likeness (QED) is 0.741. The SMILES string of the molecule is C#Cc1cccc(NC(=O)CN(C)C(=O)c2cccc(OC)c2OC(F)F)c1. The molecule has 28 heavy (non-hydrogen) atoms. The van der Waals surface area contributed by atoms with Crippen LogP contribution < -0.4 is 14.8 Å². The number of nitrogens with one attached hydrogen (secondary N) is 1. The van der Waals surface area contributed by atoms with Crippen molar-refractivity contribution in [3.63, 3.8) is 0 Å². The van der Waals surface area contributed by atoms with Gasteiger partial charge in [0.2, 0.25) is 5.91 Å². The van der Waals surface area contributed by atoms with E-state index in [1.54, 1.807) is 24.3 Å². The number of hydrogen-bond donors (Lipinski definition) is 1. The lowest BCUT2D eigenvalue weighted by Crippen LogP contribution is -2.35. The van der Waals surface area contributed by atoms with E-state index in [0.29, 0.717) is 11.3 Å². The van der Waals surface area contributed by atoms with Crippen LogP contribution in [0.1, 0.15) is 15.9 Å². The van der Waals surface area contributed by atoms with Crippen LogP contribution in [0.25, 0.3) is 0 Å². The molecule has 8 heteroatoms. The van der Waals surface area contributed by atoms with Gasteiger partial charge in [0, 0.05) is 18.3 Å². The number of terminal acetylenes is 1. The number of benzene rings is 2. The van der Waals surface area contributed by atoms with Gasteiger partial charge in [0.1, 0.15) is 0 Å². The molecule has 2 rings (SSSR count). The second-order valence-corrected chi connectivity index (χ2v) is 5.65. The highest BCUT2D eigenvalue weighted by atomic mass is 19.3. The van der Waals surface area contributed by atoms with Crippen molar-refractivity contribution < 1.29 is 27.8 Å². The van der Waals surface area contributed by atoms with E-state index in [2.05, 4.69) is 16.0 Å². The molecule has 0 fully saturated rings. The van der Waals surface area contributed by atoms with Crippen molar-refractivity contribution in [2.24, 2.45) is 0 Å². The fourth-order valence-corrected chi connectivity index (χ4v) is 2.44. The lowest BCUT2D eigenvalue weighted by molar-refractivity contribution is -0.116. The number of para-hydroxylation sites is 1. The Morgan fingerprint density at radius 2 is 1.96 bits per heavy atom. The van der Waals surface area contributed by atoms with Crippen LogP contribution in [0.15, 0.2) is 42.5 Å². The first kappa shape index (κ1) is 20.7. The second-order valence-electron chi connectivity index (χ2n) is 5.65. The number of carbonyl (C=O) groups excluding carboxylic acids is 2. The predicted molar refractivity (Wildman–Crippen MR) is 99.6 cm³/mol. The van der Waals surface area contributed by atoms with Gasteiger partial charge in [-0.25, -0.2) is 0 Å². The summed E-state index contributed by atoms with van der Waals surface area (Å²) >= 11 is 0. The lowest BCUT2D eigenvalue weighted by atomic mass is 10.1. The van der Waals surface area contributed by atoms with Crippen molar-refractivity contribution in [1.82, 2.24) is 4.90 Å². The number of ether oxygens (including phenoxy) is 2. The van der Waals surface area contributed by atoms with E-state index in [9.17, 15) is 18.4 Å². The maximum Gasteiger partial charge on any atom is 0.387 e. The highest BCUT2D eigenvalue weighted by molar-refractivity contribution is 6.01. The molecule has 0 saturated heterocycles. The van der Waals surface area contributed by atoms with Gasteiger partial charge in [0.15, 0.2) is 11.5 Å². The molecule has 0 heterocycles. The van der Waals surface area contributed by atoms with Crippen LogP contribution in [0.4, 0.5) is 14.5 Å². The summed E-state index contributed by atoms with van der Waals surface area (Å²) in [5.74, 6) is 0.882. The van der Waals surface area contributed by atoms with Gasteiger partial charge in [0.25, 0.3) is 5.91 Å². The van der Waals surface area contributed by atoms with Crippen molar-refractivity contribution >= 4 is 17.5 Å². The van der Waals surface area contributed by atoms with Crippen LogP contribution in [-0.2, 0) is 4.79 Å². The molecule has 0 saturated carbocycles. The fourth-order valence-electron chi connectivity index (χ4n) is 2.44. The van der Waals surface area contributed by atoms with Gasteiger partial charge < -0.3 is 19.7 Å². The van der Waals surface area contributed by atoms with Gasteiger partial charge >= 0.3 is 6.61 Å². The molecule has 0 aromatic heterocycles. The van der Waals surface area contributed by atoms with Gasteiger partial charge in [-0.15, -0.1) is 6.42 Å². The van der Waals surface area contributed by atoms with E-state index in [1.165, 1.54) is 32.4 Å². The molecule has 0 aliphatic carbocycles. The molecular formula is C20H18F2N2O4. The summed E-state index contributed by atoms with van der Waals surface area (Å²) < 4.78 is 34.8. The monoisotopic (exact) mass is 388 g/mol. The van der Waals surface area contributed by atoms with Crippen LogP contribution >= 0.6 is 0 Å². The first-order valence-electron chi connectivity index (χ1n) is 8.09. The normalized spacial score (nSPS) is 10.1. The summed E-state index contributed by atoms with van der Waals surface area (Å²) in [5.41, 5.74) is 0.918. The highest BCUT2D eigenvalue weighted by Crippen LogP contribution is 2.33. The summed E-state index contributed by atoms with van der Waals surface area (Å²) in [6.45, 7) is -3.45. The first-order chi connectivity index (χ1) is 13.3. The Hall–Kier alpha value is -3.60. The molecule has 2 aromatic carbocycles. The van der Waals surface area contributed by atoms with Gasteiger partial charge in [-0.3, -0.25) is 9.59 Å². The number of halogens is 2. The number of amides is 2. The fraction of sp³-hybridized carbons (Fsp3) is 0.200. The summed E-state index contributed by atoms with van der Waals surface area (Å²) in [6.07, 6.45) is 5.32. The van der Waals surface area contributed by atoms with Gasteiger partial charge in [-0.1, -0.05) is 18.1 Å². The standard InChI is InChI=1S/C20H18F2N2O4/c1-4-13-7-5-8-14(11-13)23-17(25)12-24(2)19(26)15-9-6-10-16(27-3)18(15)28-20(21)22/h1,5-11,20H,12H2,2-3H3,(H,23,25). The minimum atomic E-state index is -3.14. The molecule has 0 atom stereocenters. The third kappa shape index (κ3) is 5.20. The molecule has 2 aromatic rings. The second kappa shape index (κ2) is 9.37. The van der Waals surface area contributed by atoms with E-state index >= 15 is 0 Å². The number of alkyl halides is 2. The average molecular weight is 388 g/mol. The predicted octanol–water partition coefficient (Wildman–Crippen LogP) is 2.99. The molecule has 146 valence electrons. The Balaban J connectivity index is 2.14. The topological polar surface area (TPSA) is 67.9 Å². The van der Waals surface area contributed by atoms with Crippen molar-refractivity contribution in [2.45, 2.75) is 6.61 Å². The van der Waals surface area contributed by atoms with E-state index in [4.69, 9.17) is 11.2 Å². The lowest BCUT2D eigenvalue weighted by Gasteiger charge is -2.20. The van der Waals surface area contributed by atoms with Crippen LogP contribution in [0.5, 0.6) is 11.5 Å². The van der Waals surface area contributed by atoms with Crippen LogP contribution in [-0.4, -0.2) is 44.0 Å². The summed E-state index contributed by atoms with van der Waals surface area (Å²) in [4.78, 5) is 25.9. The molecule has 2 amide bonds. The molecule has 0 radical (unpaired) electrons. The van der Waals surface area contributed by atoms with Crippen LogP contribution in [0, 0.1) is 12.3 Å². The Kier molecular flexibility index (Phi) is 6.93. The van der Waals surface area contributed by atoms with E-state index in [-0.39, 0.29) is 23.6 Å². The smallest absolute Gasteiger partial charge is 0.387 e. The average Bonchev–Trinajstić information content (AvgIpc) is 2.67. The molecule has 0 aliphatic heterocycles. The van der Waals surface area contributed by atoms with Crippen molar-refractivity contribution in [2.75, 3.05) is 26.0 Å². The summed E-state index contributed by atoms with van der Waals surface area (Å²) in [6, 6.07) is 10.8. The molecule has 0 aliphatic rings. The number of nitrogens with zero attached hydrogens (tertiary/aromatic N) is 1. The third-order valence-corrected chi connectivity index (χ3v) is 3.68. The Morgan fingerprint density at radius 3 is 2.61 bits per heavy atom. The Morgan fingerprint density at radius 1 is 1.25 bits per heavy atom. The minimum Gasteiger partial charge on any atom is -0.493 e. The van der Waals surface area contributed by atoms with Crippen molar-refractivity contribution in [1.29, 1.82) is 0 Å². The molecule has 1 N–H and O–H groups in total. The van der Waals surface area contributed by atoms with E-state index in [1.807, 2.05) is 0 Å². The van der Waals surface area contributed by atoms with Crippen LogP contribution in [0.3, 0.4) is 0 Å². The molecule has 0 bridgehead atoms. The molecule has 0 unspecified atom stereocenters. The number of rotatable bonds is 7. The molecule has 6 nitrogen and oxygen atoms in total. The van der Waals surface area contributed by atoms with Gasteiger partial charge in [0.05, 0.1) is 19.2 Å². The van der Waals surface area contributed by atoms with Crippen molar-refractivity contribution in [3.05, 3.63) is 53.6 Å². The number of likely N-dealkylation sites (N-methyl/N-ethyl adjacent to an activating group) is 1. The minimum absolute atomic E-state index is 0.0184. The van der Waals surface area contributed by atoms with E-state index < -0.39 is 18.4 Å². The highest BCUT2D eigenvalue weighted by Gasteiger charge is 2.23. The Labute approximate surface area is 161 Å². The zero-order valence-corrected chi connectivity index (χ0v) is 15.2. The van der Waals surface area contributed by atoms with Gasteiger partial charge in [-0.05, 0) is 30.3 Å². The Bertz CT molecular complexity index is 909. The zero-order valence-electron chi connectivity index (χ0n) is 15.2. The number of methoxy groups -OCH3 is 1. The summed E-state index contributed by atoms with van der Waals surface area (Å²) in [7, 11) is 2.63. The summed E-state index contributed by atoms with van der Waals surface area (Å²) in [5, 5.41) is 2.62. The van der Waals surface area contributed by atoms with Gasteiger partial charge in [-0.2, -0.15) is 8.78 Å². The maximum atomic E-state index is 12.7. The number of hydrogen-bond acceptors (Lipinski definition) is 4. The number of carbonyl (C=O) groups is 2. The third-order valence-electron chi connectivity index (χ3n) is 3.68. The number of anilines is 1. The van der Waals surface area contributed by atoms with Crippen LogP contribution in [0.2, 0.25) is 0 Å². The maximum absolute atomic E-state index is 12.7. The molecule has 0 spiro atoms. The van der Waals surface area contributed by atoms with Crippen molar-refractivity contribution in [3.8, 4) is 23.8 Å². The molecular weight excluding hydrogens is 370 g/mol. The zero-order chi connectivity index (χ0) is 20.7. The largest absolute Gasteiger partial charge is 0.493 e.